The second kappa shape index (κ2) is 5.29. The second-order valence-corrected chi connectivity index (χ2v) is 5.96. The lowest BCUT2D eigenvalue weighted by Gasteiger charge is -2.35. The zero-order valence-electron chi connectivity index (χ0n) is 13.8. The summed E-state index contributed by atoms with van der Waals surface area (Å²) in [5, 5.41) is 8.41. The molecule has 0 unspecified atom stereocenters. The van der Waals surface area contributed by atoms with Crippen molar-refractivity contribution < 1.29 is 4.79 Å². The molecule has 0 atom stereocenters. The molecule has 0 N–H and O–H groups in total. The van der Waals surface area contributed by atoms with E-state index in [1.807, 2.05) is 32.0 Å². The average Bonchev–Trinajstić information content (AvgIpc) is 3.17. The van der Waals surface area contributed by atoms with Crippen molar-refractivity contribution in [2.75, 3.05) is 29.4 Å². The number of carbonyl (C=O) groups excluding carboxylic acids is 1. The van der Waals surface area contributed by atoms with Crippen LogP contribution in [0.25, 0.3) is 5.78 Å². The highest BCUT2D eigenvalue weighted by molar-refractivity contribution is 5.97. The Labute approximate surface area is 138 Å². The van der Waals surface area contributed by atoms with Gasteiger partial charge >= 0.3 is 0 Å². The Morgan fingerprint density at radius 2 is 2.00 bits per heavy atom. The zero-order chi connectivity index (χ0) is 16.8. The molecule has 0 radical (unpaired) electrons. The number of nitrogens with zero attached hydrogens (tertiary/aromatic N) is 8. The third kappa shape index (κ3) is 2.20. The summed E-state index contributed by atoms with van der Waals surface area (Å²) in [5.41, 5.74) is 2.74. The molecule has 0 aromatic carbocycles. The van der Waals surface area contributed by atoms with Crippen molar-refractivity contribution in [3.63, 3.8) is 0 Å². The Morgan fingerprint density at radius 3 is 2.71 bits per heavy atom. The Morgan fingerprint density at radius 1 is 1.17 bits per heavy atom. The third-order valence-corrected chi connectivity index (χ3v) is 4.40. The van der Waals surface area contributed by atoms with Crippen molar-refractivity contribution in [3.8, 4) is 0 Å². The van der Waals surface area contributed by atoms with Gasteiger partial charge in [0.25, 0.3) is 5.78 Å². The molecule has 9 nitrogen and oxygen atoms in total. The highest BCUT2D eigenvalue weighted by Gasteiger charge is 2.29. The van der Waals surface area contributed by atoms with Crippen LogP contribution >= 0.6 is 0 Å². The van der Waals surface area contributed by atoms with Crippen LogP contribution in [0.5, 0.6) is 0 Å². The fraction of sp³-hybridized carbons (Fsp3) is 0.400. The highest BCUT2D eigenvalue weighted by atomic mass is 16.2. The van der Waals surface area contributed by atoms with E-state index in [2.05, 4.69) is 20.2 Å². The van der Waals surface area contributed by atoms with Gasteiger partial charge in [0.05, 0.1) is 18.4 Å². The van der Waals surface area contributed by atoms with E-state index < -0.39 is 0 Å². The minimum atomic E-state index is 0.0383. The van der Waals surface area contributed by atoms with Crippen LogP contribution in [0.1, 0.15) is 11.3 Å². The van der Waals surface area contributed by atoms with Crippen LogP contribution in [0.2, 0.25) is 0 Å². The van der Waals surface area contributed by atoms with Gasteiger partial charge in [-0.1, -0.05) is 0 Å². The van der Waals surface area contributed by atoms with Gasteiger partial charge < -0.3 is 9.80 Å². The van der Waals surface area contributed by atoms with Crippen LogP contribution in [0.4, 0.5) is 11.5 Å². The lowest BCUT2D eigenvalue weighted by atomic mass is 10.2. The van der Waals surface area contributed by atoms with Crippen molar-refractivity contribution in [3.05, 3.63) is 30.0 Å². The Bertz CT molecular complexity index is 927. The number of piperazine rings is 1. The van der Waals surface area contributed by atoms with E-state index in [1.165, 1.54) is 6.33 Å². The summed E-state index contributed by atoms with van der Waals surface area (Å²) >= 11 is 0. The van der Waals surface area contributed by atoms with Crippen molar-refractivity contribution in [2.45, 2.75) is 13.8 Å². The van der Waals surface area contributed by atoms with Gasteiger partial charge in [0.2, 0.25) is 5.91 Å². The molecule has 0 spiro atoms. The van der Waals surface area contributed by atoms with Gasteiger partial charge in [-0.05, 0) is 13.8 Å². The van der Waals surface area contributed by atoms with Gasteiger partial charge in [-0.25, -0.2) is 4.98 Å². The number of carbonyl (C=O) groups is 1. The standard InChI is InChI=1S/C15H18N8O/c1-10-11(2)19-15-16-9-18-23(15)14(10)21-4-5-22(13(24)8-21)12-6-17-20(3)7-12/h6-7,9H,4-5,8H2,1-3H3. The first kappa shape index (κ1) is 14.6. The number of anilines is 2. The maximum Gasteiger partial charge on any atom is 0.254 e. The van der Waals surface area contributed by atoms with Crippen molar-refractivity contribution in [2.24, 2.45) is 7.05 Å². The van der Waals surface area contributed by atoms with Gasteiger partial charge in [-0.2, -0.15) is 19.7 Å². The molecule has 4 rings (SSSR count). The molecule has 1 amide bonds. The summed E-state index contributed by atoms with van der Waals surface area (Å²) in [6, 6.07) is 0. The van der Waals surface area contributed by atoms with E-state index >= 15 is 0 Å². The number of hydrogen-bond acceptors (Lipinski definition) is 6. The number of hydrogen-bond donors (Lipinski definition) is 0. The molecule has 3 aromatic rings. The molecule has 124 valence electrons. The van der Waals surface area contributed by atoms with Crippen LogP contribution in [-0.2, 0) is 11.8 Å². The topological polar surface area (TPSA) is 84.4 Å². The Hall–Kier alpha value is -2.97. The maximum atomic E-state index is 12.6. The molecule has 0 bridgehead atoms. The maximum absolute atomic E-state index is 12.6. The lowest BCUT2D eigenvalue weighted by Crippen LogP contribution is -2.51. The van der Waals surface area contributed by atoms with Gasteiger partial charge in [-0.3, -0.25) is 9.48 Å². The van der Waals surface area contributed by atoms with E-state index in [-0.39, 0.29) is 12.5 Å². The van der Waals surface area contributed by atoms with E-state index in [0.717, 1.165) is 22.8 Å². The van der Waals surface area contributed by atoms with Crippen LogP contribution in [0.3, 0.4) is 0 Å². The summed E-state index contributed by atoms with van der Waals surface area (Å²) < 4.78 is 3.40. The van der Waals surface area contributed by atoms with Gasteiger partial charge in [0.1, 0.15) is 12.1 Å². The number of aryl methyl sites for hydroxylation is 2. The lowest BCUT2D eigenvalue weighted by molar-refractivity contribution is -0.117. The first-order valence-electron chi connectivity index (χ1n) is 7.75. The van der Waals surface area contributed by atoms with Gasteiger partial charge in [-0.15, -0.1) is 0 Å². The minimum absolute atomic E-state index is 0.0383. The normalized spacial score (nSPS) is 15.5. The van der Waals surface area contributed by atoms with Crippen LogP contribution < -0.4 is 9.80 Å². The first-order valence-corrected chi connectivity index (χ1v) is 7.75. The summed E-state index contributed by atoms with van der Waals surface area (Å²) in [6.45, 7) is 5.54. The predicted octanol–water partition coefficient (Wildman–Crippen LogP) is 0.328. The minimum Gasteiger partial charge on any atom is -0.345 e. The molecule has 1 fully saturated rings. The molecule has 3 aromatic heterocycles. The quantitative estimate of drug-likeness (QED) is 0.675. The second-order valence-electron chi connectivity index (χ2n) is 5.96. The molecule has 1 saturated heterocycles. The summed E-state index contributed by atoms with van der Waals surface area (Å²) in [5.74, 6) is 1.47. The fourth-order valence-electron chi connectivity index (χ4n) is 3.06. The third-order valence-electron chi connectivity index (χ3n) is 4.40. The number of fused-ring (bicyclic) bond motifs is 1. The molecule has 1 aliphatic heterocycles. The Balaban J connectivity index is 1.67. The number of aromatic nitrogens is 6. The van der Waals surface area contributed by atoms with E-state index in [9.17, 15) is 4.79 Å². The van der Waals surface area contributed by atoms with Crippen LogP contribution in [-0.4, -0.2) is 54.9 Å². The largest absolute Gasteiger partial charge is 0.345 e. The summed E-state index contributed by atoms with van der Waals surface area (Å²) in [4.78, 5) is 25.1. The van der Waals surface area contributed by atoms with E-state index in [4.69, 9.17) is 0 Å². The molecule has 1 aliphatic rings. The van der Waals surface area contributed by atoms with Crippen molar-refractivity contribution >= 4 is 23.2 Å². The molecule has 4 heterocycles. The predicted molar refractivity (Wildman–Crippen MR) is 88.0 cm³/mol. The van der Waals surface area contributed by atoms with Crippen molar-refractivity contribution in [1.82, 2.24) is 29.4 Å². The van der Waals surface area contributed by atoms with Gasteiger partial charge in [0.15, 0.2) is 0 Å². The molecular formula is C15H18N8O. The molecule has 0 aliphatic carbocycles. The fourth-order valence-corrected chi connectivity index (χ4v) is 3.06. The summed E-state index contributed by atoms with van der Waals surface area (Å²) in [6.07, 6.45) is 5.05. The number of amides is 1. The van der Waals surface area contributed by atoms with Crippen molar-refractivity contribution in [1.29, 1.82) is 0 Å². The monoisotopic (exact) mass is 326 g/mol. The Kier molecular flexibility index (Phi) is 3.22. The van der Waals surface area contributed by atoms with Crippen LogP contribution in [0.15, 0.2) is 18.7 Å². The molecule has 0 saturated carbocycles. The molecular weight excluding hydrogens is 308 g/mol. The number of rotatable bonds is 2. The first-order chi connectivity index (χ1) is 11.5. The molecule has 9 heteroatoms. The molecule has 24 heavy (non-hydrogen) atoms. The zero-order valence-corrected chi connectivity index (χ0v) is 13.8. The highest BCUT2D eigenvalue weighted by Crippen LogP contribution is 2.25. The van der Waals surface area contributed by atoms with Crippen LogP contribution in [0, 0.1) is 13.8 Å². The smallest absolute Gasteiger partial charge is 0.254 e. The summed E-state index contributed by atoms with van der Waals surface area (Å²) in [7, 11) is 1.84. The van der Waals surface area contributed by atoms with E-state index in [1.54, 1.807) is 20.3 Å². The average molecular weight is 326 g/mol. The van der Waals surface area contributed by atoms with E-state index in [0.29, 0.717) is 18.9 Å². The SMILES string of the molecule is Cc1nc2ncnn2c(N2CCN(c3cnn(C)c3)C(=O)C2)c1C. The van der Waals surface area contributed by atoms with Gasteiger partial charge in [0, 0.05) is 37.6 Å².